The van der Waals surface area contributed by atoms with Gasteiger partial charge in [0.1, 0.15) is 0 Å². The molecule has 1 rings (SSSR count). The van der Waals surface area contributed by atoms with Crippen molar-refractivity contribution in [2.75, 3.05) is 6.61 Å². The fraction of sp³-hybridized carbons (Fsp3) is 0.286. The summed E-state index contributed by atoms with van der Waals surface area (Å²) in [5.74, 6) is 0. The first-order valence-corrected chi connectivity index (χ1v) is 2.89. The molecule has 0 fully saturated rings. The predicted octanol–water partition coefficient (Wildman–Crippen LogP) is 1.19. The molecule has 49 valence electrons. The van der Waals surface area contributed by atoms with E-state index >= 15 is 0 Å². The van der Waals surface area contributed by atoms with Crippen LogP contribution in [-0.4, -0.2) is 6.61 Å². The molecule has 0 spiro atoms. The second-order valence-electron chi connectivity index (χ2n) is 1.92. The van der Waals surface area contributed by atoms with E-state index in [1.54, 1.807) is 0 Å². The molecule has 0 saturated carbocycles. The molecule has 1 aliphatic heterocycles. The summed E-state index contributed by atoms with van der Waals surface area (Å²) in [4.78, 5) is 0. The molecule has 0 aromatic carbocycles. The molecule has 0 unspecified atom stereocenters. The molecular weight excluding hydrogens is 114 g/mol. The highest BCUT2D eigenvalue weighted by molar-refractivity contribution is 5.12. The Hall–Kier alpha value is -0.760. The molecule has 0 saturated heterocycles. The van der Waals surface area contributed by atoms with Gasteiger partial charge in [-0.3, -0.25) is 0 Å². The fourth-order valence-corrected chi connectivity index (χ4v) is 0.735. The minimum atomic E-state index is 0.622. The number of allylic oxidation sites excluding steroid dienone is 1. The van der Waals surface area contributed by atoms with Gasteiger partial charge in [0.15, 0.2) is 0 Å². The number of ether oxygens (including phenoxy) is 1. The number of nitrogens with one attached hydrogen (secondary N) is 1. The van der Waals surface area contributed by atoms with Crippen molar-refractivity contribution in [2.24, 2.45) is 0 Å². The molecule has 0 amide bonds. The summed E-state index contributed by atoms with van der Waals surface area (Å²) in [6.07, 6.45) is 6.87. The monoisotopic (exact) mass is 124 g/mol. The Bertz CT molecular complexity index is 138. The van der Waals surface area contributed by atoms with E-state index in [1.807, 2.05) is 18.5 Å². The molecule has 0 aliphatic carbocycles. The van der Waals surface area contributed by atoms with Crippen molar-refractivity contribution in [3.05, 3.63) is 31.2 Å². The number of hydrogen-bond donors (Lipinski definition) is 1. The van der Waals surface area contributed by atoms with Crippen LogP contribution in [0, 0.1) is 7.11 Å². The van der Waals surface area contributed by atoms with Crippen LogP contribution in [0.3, 0.4) is 0 Å². The van der Waals surface area contributed by atoms with E-state index in [0.717, 1.165) is 6.42 Å². The Labute approximate surface area is 55.2 Å². The summed E-state index contributed by atoms with van der Waals surface area (Å²) < 4.78 is 4.69. The van der Waals surface area contributed by atoms with Crippen LogP contribution >= 0.6 is 0 Å². The first-order valence-electron chi connectivity index (χ1n) is 2.89. The second-order valence-corrected chi connectivity index (χ2v) is 1.92. The average Bonchev–Trinajstić information content (AvgIpc) is 1.91. The number of dihydropyridines is 1. The van der Waals surface area contributed by atoms with Crippen LogP contribution in [-0.2, 0) is 4.74 Å². The van der Waals surface area contributed by atoms with Crippen LogP contribution in [0.2, 0.25) is 0 Å². The lowest BCUT2D eigenvalue weighted by atomic mass is 10.2. The molecule has 1 heterocycles. The Morgan fingerprint density at radius 2 is 2.67 bits per heavy atom. The lowest BCUT2D eigenvalue weighted by Crippen LogP contribution is -2.04. The van der Waals surface area contributed by atoms with E-state index < -0.39 is 0 Å². The molecule has 1 radical (unpaired) electrons. The summed E-state index contributed by atoms with van der Waals surface area (Å²) in [5.41, 5.74) is 1.23. The van der Waals surface area contributed by atoms with Gasteiger partial charge in [0.05, 0.1) is 13.7 Å². The highest BCUT2D eigenvalue weighted by atomic mass is 16.5. The Balaban J connectivity index is 2.32. The smallest absolute Gasteiger partial charge is 0.0705 e. The lowest BCUT2D eigenvalue weighted by Gasteiger charge is -2.06. The number of hydrogen-bond acceptors (Lipinski definition) is 2. The van der Waals surface area contributed by atoms with Gasteiger partial charge in [-0.05, 0) is 18.2 Å². The zero-order valence-electron chi connectivity index (χ0n) is 5.26. The molecule has 2 nitrogen and oxygen atoms in total. The molecule has 0 aromatic heterocycles. The Morgan fingerprint density at radius 3 is 3.22 bits per heavy atom. The van der Waals surface area contributed by atoms with Crippen LogP contribution in [0.25, 0.3) is 0 Å². The molecule has 1 aliphatic rings. The fourth-order valence-electron chi connectivity index (χ4n) is 0.735. The molecule has 9 heavy (non-hydrogen) atoms. The Morgan fingerprint density at radius 1 is 1.78 bits per heavy atom. The molecule has 0 aromatic rings. The van der Waals surface area contributed by atoms with Crippen molar-refractivity contribution in [2.45, 2.75) is 6.42 Å². The van der Waals surface area contributed by atoms with Crippen LogP contribution in [0.1, 0.15) is 6.42 Å². The van der Waals surface area contributed by atoms with Crippen LogP contribution < -0.4 is 5.32 Å². The summed E-state index contributed by atoms with van der Waals surface area (Å²) in [6.45, 7) is 0.622. The maximum Gasteiger partial charge on any atom is 0.0705 e. The maximum atomic E-state index is 4.69. The first kappa shape index (κ1) is 6.36. The minimum Gasteiger partial charge on any atom is -0.375 e. The summed E-state index contributed by atoms with van der Waals surface area (Å²) in [6, 6.07) is 0. The van der Waals surface area contributed by atoms with Gasteiger partial charge in [0, 0.05) is 6.20 Å². The van der Waals surface area contributed by atoms with Gasteiger partial charge in [-0.2, -0.15) is 0 Å². The average molecular weight is 124 g/mol. The van der Waals surface area contributed by atoms with Crippen LogP contribution in [0.15, 0.2) is 24.0 Å². The van der Waals surface area contributed by atoms with E-state index in [4.69, 9.17) is 0 Å². The van der Waals surface area contributed by atoms with Crippen molar-refractivity contribution in [1.29, 1.82) is 0 Å². The van der Waals surface area contributed by atoms with Crippen LogP contribution in [0.4, 0.5) is 0 Å². The third-order valence-electron chi connectivity index (χ3n) is 1.17. The highest BCUT2D eigenvalue weighted by Crippen LogP contribution is 2.04. The maximum absolute atomic E-state index is 4.69. The van der Waals surface area contributed by atoms with E-state index in [-0.39, 0.29) is 0 Å². The van der Waals surface area contributed by atoms with E-state index in [9.17, 15) is 0 Å². The van der Waals surface area contributed by atoms with Crippen molar-refractivity contribution in [1.82, 2.24) is 5.32 Å². The zero-order chi connectivity index (χ0) is 6.53. The number of rotatable bonds is 2. The van der Waals surface area contributed by atoms with Gasteiger partial charge in [0.2, 0.25) is 0 Å². The highest BCUT2D eigenvalue weighted by Gasteiger charge is 1.95. The normalized spacial score (nSPS) is 16.8. The van der Waals surface area contributed by atoms with Crippen molar-refractivity contribution in [3.8, 4) is 0 Å². The predicted molar refractivity (Wildman–Crippen MR) is 36.3 cm³/mol. The van der Waals surface area contributed by atoms with Gasteiger partial charge in [-0.15, -0.1) is 0 Å². The van der Waals surface area contributed by atoms with Gasteiger partial charge >= 0.3 is 0 Å². The third kappa shape index (κ3) is 1.90. The van der Waals surface area contributed by atoms with Crippen molar-refractivity contribution >= 4 is 0 Å². The second kappa shape index (κ2) is 3.30. The SMILES string of the molecule is [CH2]OCC1=CNC=CC1. The lowest BCUT2D eigenvalue weighted by molar-refractivity contribution is 0.270. The van der Waals surface area contributed by atoms with Gasteiger partial charge < -0.3 is 10.1 Å². The van der Waals surface area contributed by atoms with Gasteiger partial charge in [-0.25, -0.2) is 0 Å². The standard InChI is InChI=1S/C7H10NO/c1-9-6-7-3-2-4-8-5-7/h2,4-5,8H,1,3,6H2. The minimum absolute atomic E-state index is 0.622. The Kier molecular flexibility index (Phi) is 2.33. The quantitative estimate of drug-likeness (QED) is 0.597. The molecule has 1 N–H and O–H groups in total. The largest absolute Gasteiger partial charge is 0.375 e. The summed E-state index contributed by atoms with van der Waals surface area (Å²) >= 11 is 0. The third-order valence-corrected chi connectivity index (χ3v) is 1.17. The molecular formula is C7H10NO. The van der Waals surface area contributed by atoms with Crippen LogP contribution in [0.5, 0.6) is 0 Å². The van der Waals surface area contributed by atoms with E-state index in [1.165, 1.54) is 5.57 Å². The summed E-state index contributed by atoms with van der Waals surface area (Å²) in [5, 5.41) is 2.97. The first-order chi connectivity index (χ1) is 4.43. The molecule has 2 heteroatoms. The zero-order valence-corrected chi connectivity index (χ0v) is 5.26. The van der Waals surface area contributed by atoms with E-state index in [2.05, 4.69) is 17.2 Å². The van der Waals surface area contributed by atoms with Gasteiger partial charge in [0.25, 0.3) is 0 Å². The summed E-state index contributed by atoms with van der Waals surface area (Å²) in [7, 11) is 3.29. The van der Waals surface area contributed by atoms with Crippen molar-refractivity contribution in [3.63, 3.8) is 0 Å². The topological polar surface area (TPSA) is 21.3 Å². The van der Waals surface area contributed by atoms with Crippen molar-refractivity contribution < 1.29 is 4.74 Å². The van der Waals surface area contributed by atoms with Gasteiger partial charge in [-0.1, -0.05) is 6.08 Å². The molecule has 0 atom stereocenters. The van der Waals surface area contributed by atoms with E-state index in [0.29, 0.717) is 6.61 Å². The molecule has 0 bridgehead atoms.